The van der Waals surface area contributed by atoms with Crippen molar-refractivity contribution in [3.05, 3.63) is 35.4 Å². The number of rotatable bonds is 1. The van der Waals surface area contributed by atoms with Gasteiger partial charge >= 0.3 is 0 Å². The van der Waals surface area contributed by atoms with E-state index in [-0.39, 0.29) is 11.5 Å². The topological polar surface area (TPSA) is 65.5 Å². The first-order valence-electron chi connectivity index (χ1n) is 4.72. The van der Waals surface area contributed by atoms with Crippen molar-refractivity contribution in [3.63, 3.8) is 0 Å². The van der Waals surface area contributed by atoms with E-state index in [1.807, 2.05) is 0 Å². The fraction of sp³-hybridized carbons (Fsp3) is 0.200. The van der Waals surface area contributed by atoms with Crippen LogP contribution in [0, 0.1) is 17.0 Å². The Balaban J connectivity index is 2.35. The molecule has 0 unspecified atom stereocenters. The fourth-order valence-corrected chi connectivity index (χ4v) is 1.54. The molecular weight excluding hydrogens is 214 g/mol. The molecule has 1 aliphatic heterocycles. The molecule has 0 bridgehead atoms. The first-order valence-corrected chi connectivity index (χ1v) is 4.72. The quantitative estimate of drug-likeness (QED) is 0.557. The van der Waals surface area contributed by atoms with Gasteiger partial charge in [0, 0.05) is 12.0 Å². The number of guanidine groups is 1. The number of hydrogen-bond donors (Lipinski definition) is 2. The second-order valence-corrected chi connectivity index (χ2v) is 3.43. The Morgan fingerprint density at radius 2 is 2.19 bits per heavy atom. The minimum absolute atomic E-state index is 0.128. The predicted octanol–water partition coefficient (Wildman–Crippen LogP) is 1.27. The van der Waals surface area contributed by atoms with Crippen LogP contribution in [0.1, 0.15) is 12.0 Å². The Labute approximate surface area is 90.9 Å². The second-order valence-electron chi connectivity index (χ2n) is 3.43. The van der Waals surface area contributed by atoms with E-state index in [4.69, 9.17) is 11.1 Å². The maximum absolute atomic E-state index is 13.4. The van der Waals surface area contributed by atoms with Gasteiger partial charge in [-0.25, -0.2) is 13.8 Å². The third kappa shape index (κ3) is 1.86. The van der Waals surface area contributed by atoms with Gasteiger partial charge in [0.15, 0.2) is 0 Å². The molecule has 6 heteroatoms. The summed E-state index contributed by atoms with van der Waals surface area (Å²) in [6.07, 6.45) is 0.444. The SMILES string of the molecule is N=C(N)N1CCC(c2cc(F)ccc2F)=N1. The van der Waals surface area contributed by atoms with E-state index < -0.39 is 11.6 Å². The Morgan fingerprint density at radius 1 is 1.44 bits per heavy atom. The van der Waals surface area contributed by atoms with Crippen LogP contribution in [0.3, 0.4) is 0 Å². The van der Waals surface area contributed by atoms with Crippen LogP contribution in [0.25, 0.3) is 0 Å². The van der Waals surface area contributed by atoms with Gasteiger partial charge in [0.1, 0.15) is 11.6 Å². The summed E-state index contributed by atoms with van der Waals surface area (Å²) in [5.74, 6) is -1.24. The average molecular weight is 224 g/mol. The van der Waals surface area contributed by atoms with E-state index in [1.54, 1.807) is 0 Å². The minimum Gasteiger partial charge on any atom is -0.369 e. The molecule has 0 spiro atoms. The Bertz CT molecular complexity index is 470. The largest absolute Gasteiger partial charge is 0.369 e. The van der Waals surface area contributed by atoms with Gasteiger partial charge in [0.05, 0.1) is 12.3 Å². The number of nitrogens with one attached hydrogen (secondary N) is 1. The van der Waals surface area contributed by atoms with Crippen molar-refractivity contribution in [2.45, 2.75) is 6.42 Å². The molecule has 0 radical (unpaired) electrons. The molecular formula is C10H10F2N4. The van der Waals surface area contributed by atoms with Crippen molar-refractivity contribution < 1.29 is 8.78 Å². The number of halogens is 2. The molecule has 0 atom stereocenters. The third-order valence-electron chi connectivity index (χ3n) is 2.32. The number of nitrogens with zero attached hydrogens (tertiary/aromatic N) is 2. The molecule has 1 aromatic carbocycles. The molecule has 4 nitrogen and oxygen atoms in total. The standard InChI is InChI=1S/C10H10F2N4/c11-6-1-2-8(12)7(5-6)9-3-4-16(15-9)10(13)14/h1-2,5H,3-4H2,(H3,13,14). The summed E-state index contributed by atoms with van der Waals surface area (Å²) in [6, 6.07) is 3.21. The summed E-state index contributed by atoms with van der Waals surface area (Å²) < 4.78 is 26.4. The van der Waals surface area contributed by atoms with Gasteiger partial charge in [-0.2, -0.15) is 5.10 Å². The van der Waals surface area contributed by atoms with Crippen molar-refractivity contribution in [1.82, 2.24) is 5.01 Å². The van der Waals surface area contributed by atoms with Crippen molar-refractivity contribution in [3.8, 4) is 0 Å². The lowest BCUT2D eigenvalue weighted by atomic mass is 10.1. The summed E-state index contributed by atoms with van der Waals surface area (Å²) in [5.41, 5.74) is 5.78. The highest BCUT2D eigenvalue weighted by atomic mass is 19.1. The number of hydrogen-bond acceptors (Lipinski definition) is 2. The molecule has 1 aliphatic rings. The molecule has 0 saturated carbocycles. The first-order chi connectivity index (χ1) is 7.58. The van der Waals surface area contributed by atoms with E-state index in [0.717, 1.165) is 18.2 Å². The monoisotopic (exact) mass is 224 g/mol. The Kier molecular flexibility index (Phi) is 2.55. The number of benzene rings is 1. The van der Waals surface area contributed by atoms with Crippen LogP contribution < -0.4 is 5.73 Å². The average Bonchev–Trinajstić information content (AvgIpc) is 2.70. The highest BCUT2D eigenvalue weighted by molar-refractivity contribution is 6.02. The van der Waals surface area contributed by atoms with Crippen molar-refractivity contribution in [1.29, 1.82) is 5.41 Å². The summed E-state index contributed by atoms with van der Waals surface area (Å²) in [4.78, 5) is 0. The lowest BCUT2D eigenvalue weighted by Crippen LogP contribution is -2.29. The van der Waals surface area contributed by atoms with E-state index in [0.29, 0.717) is 18.7 Å². The van der Waals surface area contributed by atoms with Gasteiger partial charge in [-0.1, -0.05) is 0 Å². The fourth-order valence-electron chi connectivity index (χ4n) is 1.54. The highest BCUT2D eigenvalue weighted by Crippen LogP contribution is 2.17. The maximum atomic E-state index is 13.4. The molecule has 0 saturated heterocycles. The van der Waals surface area contributed by atoms with E-state index in [9.17, 15) is 8.78 Å². The van der Waals surface area contributed by atoms with Crippen LogP contribution in [-0.2, 0) is 0 Å². The van der Waals surface area contributed by atoms with E-state index in [2.05, 4.69) is 5.10 Å². The van der Waals surface area contributed by atoms with Gasteiger partial charge in [-0.15, -0.1) is 0 Å². The molecule has 0 aromatic heterocycles. The van der Waals surface area contributed by atoms with Crippen LogP contribution in [0.2, 0.25) is 0 Å². The van der Waals surface area contributed by atoms with Crippen LogP contribution in [-0.4, -0.2) is 23.2 Å². The summed E-state index contributed by atoms with van der Waals surface area (Å²) in [7, 11) is 0. The van der Waals surface area contributed by atoms with Gasteiger partial charge in [0.2, 0.25) is 5.96 Å². The maximum Gasteiger partial charge on any atom is 0.209 e. The van der Waals surface area contributed by atoms with Crippen LogP contribution >= 0.6 is 0 Å². The summed E-state index contributed by atoms with van der Waals surface area (Å²) >= 11 is 0. The molecule has 1 aromatic rings. The number of hydrazone groups is 1. The Hall–Kier alpha value is -1.98. The summed E-state index contributed by atoms with van der Waals surface area (Å²) in [6.45, 7) is 0.417. The minimum atomic E-state index is -0.523. The molecule has 3 N–H and O–H groups in total. The Morgan fingerprint density at radius 3 is 2.81 bits per heavy atom. The molecule has 0 amide bonds. The van der Waals surface area contributed by atoms with Gasteiger partial charge in [-0.05, 0) is 18.2 Å². The normalized spacial score (nSPS) is 15.1. The van der Waals surface area contributed by atoms with Crippen LogP contribution in [0.4, 0.5) is 8.78 Å². The molecule has 1 heterocycles. The van der Waals surface area contributed by atoms with E-state index >= 15 is 0 Å². The third-order valence-corrected chi connectivity index (χ3v) is 2.32. The molecule has 2 rings (SSSR count). The van der Waals surface area contributed by atoms with Crippen LogP contribution in [0.5, 0.6) is 0 Å². The number of nitrogens with two attached hydrogens (primary N) is 1. The lowest BCUT2D eigenvalue weighted by molar-refractivity contribution is 0.482. The molecule has 0 aliphatic carbocycles. The van der Waals surface area contributed by atoms with Gasteiger partial charge in [-0.3, -0.25) is 5.41 Å². The van der Waals surface area contributed by atoms with E-state index in [1.165, 1.54) is 5.01 Å². The summed E-state index contributed by atoms with van der Waals surface area (Å²) in [5, 5.41) is 12.4. The zero-order valence-corrected chi connectivity index (χ0v) is 8.37. The van der Waals surface area contributed by atoms with Crippen molar-refractivity contribution >= 4 is 11.7 Å². The molecule has 84 valence electrons. The van der Waals surface area contributed by atoms with Gasteiger partial charge < -0.3 is 5.73 Å². The predicted molar refractivity (Wildman–Crippen MR) is 56.1 cm³/mol. The second kappa shape index (κ2) is 3.88. The first kappa shape index (κ1) is 10.5. The highest BCUT2D eigenvalue weighted by Gasteiger charge is 2.20. The molecule has 16 heavy (non-hydrogen) atoms. The zero-order valence-electron chi connectivity index (χ0n) is 8.37. The lowest BCUT2D eigenvalue weighted by Gasteiger charge is -2.08. The smallest absolute Gasteiger partial charge is 0.209 e. The van der Waals surface area contributed by atoms with Crippen molar-refractivity contribution in [2.24, 2.45) is 10.8 Å². The zero-order chi connectivity index (χ0) is 11.7. The van der Waals surface area contributed by atoms with Gasteiger partial charge in [0.25, 0.3) is 0 Å². The molecule has 0 fully saturated rings. The van der Waals surface area contributed by atoms with Crippen LogP contribution in [0.15, 0.2) is 23.3 Å². The van der Waals surface area contributed by atoms with Crippen molar-refractivity contribution in [2.75, 3.05) is 6.54 Å².